The number of nitrogens with zero attached hydrogens (tertiary/aromatic N) is 1. The largest absolute Gasteiger partial charge is 0.350 e. The van der Waals surface area contributed by atoms with Crippen molar-refractivity contribution in [2.24, 2.45) is 0 Å². The number of sulfonamides is 1. The molecule has 27 heavy (non-hydrogen) atoms. The molecule has 0 heterocycles. The van der Waals surface area contributed by atoms with Gasteiger partial charge in [-0.3, -0.25) is 9.10 Å². The van der Waals surface area contributed by atoms with Crippen LogP contribution in [0.2, 0.25) is 0 Å². The molecule has 0 saturated heterocycles. The number of anilines is 1. The molecule has 0 aromatic heterocycles. The normalized spacial score (nSPS) is 11.9. The van der Waals surface area contributed by atoms with Crippen molar-refractivity contribution in [2.75, 3.05) is 23.7 Å². The average Bonchev–Trinajstić information content (AvgIpc) is 2.56. The molecular weight excluding hydrogens is 367 g/mol. The minimum Gasteiger partial charge on any atom is -0.350 e. The van der Waals surface area contributed by atoms with Gasteiger partial charge in [-0.2, -0.15) is 0 Å². The van der Waals surface area contributed by atoms with Crippen molar-refractivity contribution >= 4 is 21.6 Å². The number of halogens is 1. The van der Waals surface area contributed by atoms with E-state index in [1.165, 1.54) is 18.2 Å². The van der Waals surface area contributed by atoms with Gasteiger partial charge in [0, 0.05) is 12.1 Å². The highest BCUT2D eigenvalue weighted by Gasteiger charge is 2.18. The Balaban J connectivity index is 2.03. The average molecular weight is 392 g/mol. The van der Waals surface area contributed by atoms with Crippen LogP contribution in [0.15, 0.2) is 48.5 Å². The second kappa shape index (κ2) is 8.08. The van der Waals surface area contributed by atoms with Crippen LogP contribution in [0, 0.1) is 5.82 Å². The zero-order chi connectivity index (χ0) is 20.2. The van der Waals surface area contributed by atoms with Crippen LogP contribution in [0.1, 0.15) is 36.7 Å². The Kier molecular flexibility index (Phi) is 6.26. The highest BCUT2D eigenvalue weighted by atomic mass is 32.2. The molecule has 146 valence electrons. The molecule has 5 nitrogen and oxygen atoms in total. The van der Waals surface area contributed by atoms with Crippen LogP contribution >= 0.6 is 0 Å². The second-order valence-corrected chi connectivity index (χ2v) is 9.31. The van der Waals surface area contributed by atoms with Crippen molar-refractivity contribution in [2.45, 2.75) is 26.2 Å². The summed E-state index contributed by atoms with van der Waals surface area (Å²) in [4.78, 5) is 12.3. The number of hydrogen-bond acceptors (Lipinski definition) is 3. The molecule has 0 spiro atoms. The van der Waals surface area contributed by atoms with Crippen LogP contribution in [0.25, 0.3) is 0 Å². The molecule has 7 heteroatoms. The van der Waals surface area contributed by atoms with Crippen molar-refractivity contribution < 1.29 is 17.6 Å². The molecular formula is C20H25FN2O3S. The molecule has 2 aromatic rings. The van der Waals surface area contributed by atoms with Crippen molar-refractivity contribution in [3.63, 3.8) is 0 Å². The minimum absolute atomic E-state index is 0.00402. The van der Waals surface area contributed by atoms with E-state index in [1.54, 1.807) is 12.1 Å². The van der Waals surface area contributed by atoms with Crippen LogP contribution in [0.5, 0.6) is 0 Å². The smallest absolute Gasteiger partial charge is 0.251 e. The fraction of sp³-hybridized carbons (Fsp3) is 0.350. The Hall–Kier alpha value is -2.41. The maximum absolute atomic E-state index is 13.4. The SMILES string of the molecule is CC(C)(C)c1ccc(C(=O)NCCN(c2cccc(F)c2)S(C)(=O)=O)cc1. The number of rotatable bonds is 6. The van der Waals surface area contributed by atoms with Crippen molar-refractivity contribution in [1.82, 2.24) is 5.32 Å². The van der Waals surface area contributed by atoms with Gasteiger partial charge in [0.15, 0.2) is 0 Å². The maximum atomic E-state index is 13.4. The lowest BCUT2D eigenvalue weighted by Crippen LogP contribution is -2.38. The summed E-state index contributed by atoms with van der Waals surface area (Å²) >= 11 is 0. The van der Waals surface area contributed by atoms with Crippen molar-refractivity contribution in [3.8, 4) is 0 Å². The van der Waals surface area contributed by atoms with E-state index in [1.807, 2.05) is 12.1 Å². The molecule has 0 aliphatic heterocycles. The van der Waals surface area contributed by atoms with E-state index < -0.39 is 15.8 Å². The summed E-state index contributed by atoms with van der Waals surface area (Å²) in [5, 5.41) is 2.71. The first kappa shape index (κ1) is 20.9. The first-order chi connectivity index (χ1) is 12.5. The number of nitrogens with one attached hydrogen (secondary N) is 1. The van der Waals surface area contributed by atoms with Gasteiger partial charge in [0.1, 0.15) is 5.82 Å². The van der Waals surface area contributed by atoms with E-state index in [0.717, 1.165) is 22.2 Å². The zero-order valence-electron chi connectivity index (χ0n) is 16.0. The zero-order valence-corrected chi connectivity index (χ0v) is 16.8. The highest BCUT2D eigenvalue weighted by molar-refractivity contribution is 7.92. The fourth-order valence-corrected chi connectivity index (χ4v) is 3.53. The standard InChI is InChI=1S/C20H25FN2O3S/c1-20(2,3)16-10-8-15(9-11-16)19(24)22-12-13-23(27(4,25)26)18-7-5-6-17(21)14-18/h5-11,14H,12-13H2,1-4H3,(H,22,24). The number of benzene rings is 2. The van der Waals surface area contributed by atoms with Gasteiger partial charge in [-0.05, 0) is 41.3 Å². The number of amides is 1. The van der Waals surface area contributed by atoms with Gasteiger partial charge in [0.05, 0.1) is 18.5 Å². The van der Waals surface area contributed by atoms with Crippen LogP contribution in [-0.2, 0) is 15.4 Å². The molecule has 0 unspecified atom stereocenters. The predicted molar refractivity (Wildman–Crippen MR) is 106 cm³/mol. The van der Waals surface area contributed by atoms with Gasteiger partial charge in [-0.25, -0.2) is 12.8 Å². The summed E-state index contributed by atoms with van der Waals surface area (Å²) < 4.78 is 38.5. The van der Waals surface area contributed by atoms with Crippen LogP contribution in [0.4, 0.5) is 10.1 Å². The third-order valence-corrected chi connectivity index (χ3v) is 5.30. The quantitative estimate of drug-likeness (QED) is 0.820. The van der Waals surface area contributed by atoms with E-state index in [9.17, 15) is 17.6 Å². The summed E-state index contributed by atoms with van der Waals surface area (Å²) in [5.41, 5.74) is 1.84. The molecule has 0 saturated carbocycles. The van der Waals surface area contributed by atoms with Gasteiger partial charge in [-0.15, -0.1) is 0 Å². The summed E-state index contributed by atoms with van der Waals surface area (Å²) in [6, 6.07) is 12.7. The van der Waals surface area contributed by atoms with Gasteiger partial charge < -0.3 is 5.32 Å². The Morgan fingerprint density at radius 3 is 2.26 bits per heavy atom. The molecule has 0 aliphatic carbocycles. The number of hydrogen-bond donors (Lipinski definition) is 1. The lowest BCUT2D eigenvalue weighted by Gasteiger charge is -2.22. The molecule has 0 radical (unpaired) electrons. The van der Waals surface area contributed by atoms with Crippen molar-refractivity contribution in [1.29, 1.82) is 0 Å². The van der Waals surface area contributed by atoms with Gasteiger partial charge in [0.2, 0.25) is 10.0 Å². The van der Waals surface area contributed by atoms with Crippen LogP contribution < -0.4 is 9.62 Å². The molecule has 2 aromatic carbocycles. The molecule has 0 bridgehead atoms. The second-order valence-electron chi connectivity index (χ2n) is 7.40. The monoisotopic (exact) mass is 392 g/mol. The number of carbonyl (C=O) groups is 1. The summed E-state index contributed by atoms with van der Waals surface area (Å²) in [5.74, 6) is -0.813. The highest BCUT2D eigenvalue weighted by Crippen LogP contribution is 2.22. The van der Waals surface area contributed by atoms with Crippen molar-refractivity contribution in [3.05, 3.63) is 65.5 Å². The third kappa shape index (κ3) is 5.79. The first-order valence-corrected chi connectivity index (χ1v) is 10.5. The summed E-state index contributed by atoms with van der Waals surface area (Å²) in [7, 11) is -3.60. The maximum Gasteiger partial charge on any atom is 0.251 e. The van der Waals surface area contributed by atoms with Gasteiger partial charge in [-0.1, -0.05) is 39.0 Å². The van der Waals surface area contributed by atoms with E-state index in [-0.39, 0.29) is 30.1 Å². The minimum atomic E-state index is -3.60. The summed E-state index contributed by atoms with van der Waals surface area (Å²) in [6.45, 7) is 6.38. The first-order valence-electron chi connectivity index (χ1n) is 8.60. The Morgan fingerprint density at radius 1 is 1.11 bits per heavy atom. The lowest BCUT2D eigenvalue weighted by atomic mass is 9.87. The molecule has 0 aliphatic rings. The Bertz CT molecular complexity index is 904. The third-order valence-electron chi connectivity index (χ3n) is 4.11. The molecule has 1 amide bonds. The van der Waals surface area contributed by atoms with Crippen LogP contribution in [0.3, 0.4) is 0 Å². The number of carbonyl (C=O) groups excluding carboxylic acids is 1. The van der Waals surface area contributed by atoms with E-state index in [4.69, 9.17) is 0 Å². The van der Waals surface area contributed by atoms with Gasteiger partial charge in [0.25, 0.3) is 5.91 Å². The molecule has 2 rings (SSSR count). The lowest BCUT2D eigenvalue weighted by molar-refractivity contribution is 0.0954. The summed E-state index contributed by atoms with van der Waals surface area (Å²) in [6.07, 6.45) is 1.05. The topological polar surface area (TPSA) is 66.5 Å². The van der Waals surface area contributed by atoms with E-state index >= 15 is 0 Å². The van der Waals surface area contributed by atoms with E-state index in [2.05, 4.69) is 26.1 Å². The fourth-order valence-electron chi connectivity index (χ4n) is 2.61. The Labute approximate surface area is 160 Å². The molecule has 1 N–H and O–H groups in total. The molecule has 0 fully saturated rings. The molecule has 0 atom stereocenters. The Morgan fingerprint density at radius 2 is 1.74 bits per heavy atom. The van der Waals surface area contributed by atoms with E-state index in [0.29, 0.717) is 5.56 Å². The van der Waals surface area contributed by atoms with Crippen LogP contribution in [-0.4, -0.2) is 33.7 Å². The predicted octanol–water partition coefficient (Wildman–Crippen LogP) is 3.32. The van der Waals surface area contributed by atoms with Gasteiger partial charge >= 0.3 is 0 Å².